The van der Waals surface area contributed by atoms with Crippen LogP contribution >= 0.6 is 12.4 Å². The maximum atomic E-state index is 12.8. The number of amides is 2. The Bertz CT molecular complexity index is 849. The maximum absolute atomic E-state index is 12.8. The molecule has 0 atom stereocenters. The van der Waals surface area contributed by atoms with Gasteiger partial charge < -0.3 is 10.2 Å². The summed E-state index contributed by atoms with van der Waals surface area (Å²) in [6.07, 6.45) is 1.86. The zero-order valence-corrected chi connectivity index (χ0v) is 18.1. The number of sulfonamides is 1. The van der Waals surface area contributed by atoms with Crippen molar-refractivity contribution in [1.82, 2.24) is 14.5 Å². The first-order chi connectivity index (χ1) is 12.8. The van der Waals surface area contributed by atoms with Gasteiger partial charge in [-0.25, -0.2) is 12.7 Å². The van der Waals surface area contributed by atoms with Crippen LogP contribution in [0.1, 0.15) is 54.3 Å². The van der Waals surface area contributed by atoms with E-state index in [1.165, 1.54) is 12.1 Å². The lowest BCUT2D eigenvalue weighted by atomic mass is 9.96. The highest BCUT2D eigenvalue weighted by Gasteiger charge is 2.43. The van der Waals surface area contributed by atoms with Crippen molar-refractivity contribution < 1.29 is 18.0 Å². The minimum Gasteiger partial charge on any atom is -0.339 e. The van der Waals surface area contributed by atoms with Crippen molar-refractivity contribution in [3.8, 4) is 0 Å². The highest BCUT2D eigenvalue weighted by atomic mass is 35.5. The van der Waals surface area contributed by atoms with Crippen molar-refractivity contribution in [2.45, 2.75) is 44.6 Å². The van der Waals surface area contributed by atoms with Gasteiger partial charge in [0.25, 0.3) is 21.8 Å². The quantitative estimate of drug-likeness (QED) is 0.774. The van der Waals surface area contributed by atoms with E-state index in [4.69, 9.17) is 0 Å². The molecular weight excluding hydrogens is 402 g/mol. The summed E-state index contributed by atoms with van der Waals surface area (Å²) < 4.78 is 26.3. The van der Waals surface area contributed by atoms with E-state index in [0.717, 1.165) is 30.2 Å². The van der Waals surface area contributed by atoms with E-state index in [-0.39, 0.29) is 28.8 Å². The van der Waals surface area contributed by atoms with Gasteiger partial charge in [0, 0.05) is 24.7 Å². The van der Waals surface area contributed by atoms with Crippen LogP contribution < -0.4 is 5.32 Å². The second-order valence-corrected chi connectivity index (χ2v) is 9.24. The average molecular weight is 430 g/mol. The molecule has 0 saturated carbocycles. The number of nitrogens with zero attached hydrogens (tertiary/aromatic N) is 2. The molecule has 1 aromatic rings. The summed E-state index contributed by atoms with van der Waals surface area (Å²) in [6, 6.07) is 3.91. The summed E-state index contributed by atoms with van der Waals surface area (Å²) in [5.41, 5.74) is 0.463. The number of halogens is 1. The number of likely N-dealkylation sites (tertiary alicyclic amines) is 1. The number of rotatable bonds is 5. The third kappa shape index (κ3) is 4.04. The summed E-state index contributed by atoms with van der Waals surface area (Å²) >= 11 is 0. The van der Waals surface area contributed by atoms with Gasteiger partial charge in [0.2, 0.25) is 0 Å². The summed E-state index contributed by atoms with van der Waals surface area (Å²) in [5, 5.41) is 3.34. The predicted octanol–water partition coefficient (Wildman–Crippen LogP) is 2.12. The normalized spacial score (nSPS) is 18.9. The lowest BCUT2D eigenvalue weighted by Crippen LogP contribution is -2.40. The summed E-state index contributed by atoms with van der Waals surface area (Å²) in [4.78, 5) is 27.0. The molecule has 7 nitrogen and oxygen atoms in total. The second kappa shape index (κ2) is 8.80. The minimum atomic E-state index is -3.90. The van der Waals surface area contributed by atoms with Gasteiger partial charge >= 0.3 is 0 Å². The van der Waals surface area contributed by atoms with Gasteiger partial charge in [0.15, 0.2) is 0 Å². The van der Waals surface area contributed by atoms with Crippen LogP contribution in [-0.4, -0.2) is 61.7 Å². The Morgan fingerprint density at radius 1 is 1.25 bits per heavy atom. The molecule has 0 aliphatic carbocycles. The molecule has 156 valence electrons. The molecule has 2 amide bonds. The molecule has 0 radical (unpaired) electrons. The van der Waals surface area contributed by atoms with Crippen LogP contribution in [0.3, 0.4) is 0 Å². The van der Waals surface area contributed by atoms with Gasteiger partial charge in [0.1, 0.15) is 4.90 Å². The largest absolute Gasteiger partial charge is 0.339 e. The highest BCUT2D eigenvalue weighted by molar-refractivity contribution is 7.90. The number of hydrogen-bond donors (Lipinski definition) is 1. The summed E-state index contributed by atoms with van der Waals surface area (Å²) in [5.74, 6) is -0.139. The first-order valence-corrected chi connectivity index (χ1v) is 10.9. The molecule has 0 bridgehead atoms. The lowest BCUT2D eigenvalue weighted by Gasteiger charge is -2.32. The van der Waals surface area contributed by atoms with Crippen LogP contribution in [0, 0.1) is 5.92 Å². The van der Waals surface area contributed by atoms with E-state index in [0.29, 0.717) is 24.6 Å². The van der Waals surface area contributed by atoms with Crippen molar-refractivity contribution in [1.29, 1.82) is 0 Å². The molecule has 0 unspecified atom stereocenters. The lowest BCUT2D eigenvalue weighted by molar-refractivity contribution is 0.0689. The first kappa shape index (κ1) is 22.6. The monoisotopic (exact) mass is 429 g/mol. The number of benzene rings is 1. The summed E-state index contributed by atoms with van der Waals surface area (Å²) in [7, 11) is -3.90. The van der Waals surface area contributed by atoms with E-state index >= 15 is 0 Å². The number of piperidine rings is 1. The van der Waals surface area contributed by atoms with E-state index in [9.17, 15) is 18.0 Å². The smallest absolute Gasteiger partial charge is 0.269 e. The Balaban J connectivity index is 0.00000280. The van der Waals surface area contributed by atoms with Gasteiger partial charge in [-0.3, -0.25) is 9.59 Å². The van der Waals surface area contributed by atoms with Crippen molar-refractivity contribution in [2.24, 2.45) is 5.92 Å². The van der Waals surface area contributed by atoms with Gasteiger partial charge in [0.05, 0.1) is 5.56 Å². The topological polar surface area (TPSA) is 86.8 Å². The second-order valence-electron chi connectivity index (χ2n) is 7.45. The number of hydrogen-bond acceptors (Lipinski definition) is 5. The van der Waals surface area contributed by atoms with E-state index in [2.05, 4.69) is 12.2 Å². The molecule has 1 fully saturated rings. The molecular formula is C19H28ClN3O4S. The van der Waals surface area contributed by atoms with Crippen molar-refractivity contribution in [3.63, 3.8) is 0 Å². The molecule has 0 spiro atoms. The van der Waals surface area contributed by atoms with Crippen LogP contribution in [0.4, 0.5) is 0 Å². The molecule has 9 heteroatoms. The Hall–Kier alpha value is -1.64. The van der Waals surface area contributed by atoms with Gasteiger partial charge in [-0.05, 0) is 63.9 Å². The SMILES string of the molecule is CCNCC1CCN(C(=O)c2ccc3c(c2)S(=O)(=O)N(C(C)C)C3=O)CC1.Cl. The van der Waals surface area contributed by atoms with Crippen LogP contribution in [0.25, 0.3) is 0 Å². The molecule has 3 rings (SSSR count). The molecule has 2 aliphatic rings. The zero-order valence-electron chi connectivity index (χ0n) is 16.5. The van der Waals surface area contributed by atoms with Crippen molar-refractivity contribution >= 4 is 34.2 Å². The minimum absolute atomic E-state index is 0. The van der Waals surface area contributed by atoms with E-state index < -0.39 is 22.0 Å². The fourth-order valence-corrected chi connectivity index (χ4v) is 5.56. The Morgan fingerprint density at radius 2 is 1.89 bits per heavy atom. The standard InChI is InChI=1S/C19H27N3O4S.ClH/c1-4-20-12-14-7-9-21(10-8-14)18(23)15-5-6-16-17(11-15)27(25,26)22(13(2)3)19(16)24;/h5-6,11,13-14,20H,4,7-10,12H2,1-3H3;1H. The van der Waals surface area contributed by atoms with E-state index in [1.54, 1.807) is 24.8 Å². The number of nitrogens with one attached hydrogen (secondary N) is 1. The molecule has 1 saturated heterocycles. The zero-order chi connectivity index (χ0) is 19.8. The fraction of sp³-hybridized carbons (Fsp3) is 0.579. The van der Waals surface area contributed by atoms with E-state index in [1.807, 2.05) is 0 Å². The van der Waals surface area contributed by atoms with Crippen molar-refractivity contribution in [2.75, 3.05) is 26.2 Å². The Morgan fingerprint density at radius 3 is 2.46 bits per heavy atom. The number of fused-ring (bicyclic) bond motifs is 1. The predicted molar refractivity (Wildman–Crippen MR) is 109 cm³/mol. The van der Waals surface area contributed by atoms with Crippen LogP contribution in [0.2, 0.25) is 0 Å². The van der Waals surface area contributed by atoms with Crippen molar-refractivity contribution in [3.05, 3.63) is 29.3 Å². The first-order valence-electron chi connectivity index (χ1n) is 9.50. The molecule has 1 aromatic carbocycles. The molecule has 0 aromatic heterocycles. The maximum Gasteiger partial charge on any atom is 0.269 e. The summed E-state index contributed by atoms with van der Waals surface area (Å²) in [6.45, 7) is 8.62. The van der Waals surface area contributed by atoms with Crippen LogP contribution in [0.5, 0.6) is 0 Å². The Labute approximate surface area is 172 Å². The number of carbonyl (C=O) groups is 2. The Kier molecular flexibility index (Phi) is 7.12. The third-order valence-corrected chi connectivity index (χ3v) is 7.25. The molecule has 2 heterocycles. The third-order valence-electron chi connectivity index (χ3n) is 5.25. The van der Waals surface area contributed by atoms with Crippen LogP contribution in [0.15, 0.2) is 23.1 Å². The van der Waals surface area contributed by atoms with Crippen LogP contribution in [-0.2, 0) is 10.0 Å². The van der Waals surface area contributed by atoms with Gasteiger partial charge in [-0.1, -0.05) is 6.92 Å². The highest BCUT2D eigenvalue weighted by Crippen LogP contribution is 2.33. The molecule has 1 N–H and O–H groups in total. The fourth-order valence-electron chi connectivity index (χ4n) is 3.76. The average Bonchev–Trinajstić information content (AvgIpc) is 2.85. The van der Waals surface area contributed by atoms with Gasteiger partial charge in [-0.15, -0.1) is 12.4 Å². The molecule has 28 heavy (non-hydrogen) atoms. The number of carbonyl (C=O) groups excluding carboxylic acids is 2. The molecule has 2 aliphatic heterocycles. The van der Waals surface area contributed by atoms with Gasteiger partial charge in [-0.2, -0.15) is 0 Å².